The Kier molecular flexibility index (Phi) is 5.39. The summed E-state index contributed by atoms with van der Waals surface area (Å²) in [6.07, 6.45) is 2.10. The first-order chi connectivity index (χ1) is 12.8. The monoisotopic (exact) mass is 371 g/mol. The highest BCUT2D eigenvalue weighted by Gasteiger charge is 2.25. The number of amides is 1. The molecule has 1 saturated heterocycles. The van der Waals surface area contributed by atoms with Crippen molar-refractivity contribution in [2.24, 2.45) is 5.92 Å². The minimum atomic E-state index is -0.466. The molecule has 1 fully saturated rings. The number of nitrogens with zero attached hydrogens (tertiary/aromatic N) is 2. The molecule has 27 heavy (non-hydrogen) atoms. The van der Waals surface area contributed by atoms with Gasteiger partial charge in [-0.15, -0.1) is 0 Å². The Balaban J connectivity index is 1.86. The summed E-state index contributed by atoms with van der Waals surface area (Å²) >= 11 is 0. The fourth-order valence-corrected chi connectivity index (χ4v) is 3.45. The van der Waals surface area contributed by atoms with Gasteiger partial charge in [0.15, 0.2) is 0 Å². The van der Waals surface area contributed by atoms with E-state index in [4.69, 9.17) is 0 Å². The first kappa shape index (κ1) is 18.8. The van der Waals surface area contributed by atoms with Crippen LogP contribution in [0.3, 0.4) is 0 Å². The van der Waals surface area contributed by atoms with Crippen molar-refractivity contribution in [3.63, 3.8) is 0 Å². The summed E-state index contributed by atoms with van der Waals surface area (Å²) in [5.41, 5.74) is 1.71. The van der Waals surface area contributed by atoms with E-state index in [9.17, 15) is 19.3 Å². The number of rotatable bonds is 4. The molecule has 2 aromatic carbocycles. The number of anilines is 2. The number of nitro groups is 1. The third kappa shape index (κ3) is 4.24. The third-order valence-corrected chi connectivity index (χ3v) is 4.87. The summed E-state index contributed by atoms with van der Waals surface area (Å²) < 4.78 is 13.2. The molecule has 0 bridgehead atoms. The van der Waals surface area contributed by atoms with Gasteiger partial charge in [-0.2, -0.15) is 0 Å². The zero-order chi connectivity index (χ0) is 19.6. The van der Waals surface area contributed by atoms with Crippen molar-refractivity contribution in [1.82, 2.24) is 0 Å². The van der Waals surface area contributed by atoms with Crippen molar-refractivity contribution in [2.45, 2.75) is 26.7 Å². The number of halogens is 1. The number of piperidine rings is 1. The van der Waals surface area contributed by atoms with E-state index in [-0.39, 0.29) is 17.1 Å². The number of carbonyl (C=O) groups is 1. The lowest BCUT2D eigenvalue weighted by Crippen LogP contribution is -2.34. The smallest absolute Gasteiger partial charge is 0.293 e. The Morgan fingerprint density at radius 2 is 2.07 bits per heavy atom. The first-order valence-corrected chi connectivity index (χ1v) is 8.96. The van der Waals surface area contributed by atoms with Crippen LogP contribution >= 0.6 is 0 Å². The second-order valence-electron chi connectivity index (χ2n) is 7.07. The van der Waals surface area contributed by atoms with Crippen molar-refractivity contribution < 1.29 is 14.1 Å². The molecule has 7 heteroatoms. The fraction of sp³-hybridized carbons (Fsp3) is 0.350. The molecule has 0 saturated carbocycles. The highest BCUT2D eigenvalue weighted by atomic mass is 19.1. The van der Waals surface area contributed by atoms with Crippen molar-refractivity contribution >= 4 is 23.0 Å². The van der Waals surface area contributed by atoms with Crippen molar-refractivity contribution in [1.29, 1.82) is 0 Å². The number of hydrogen-bond donors (Lipinski definition) is 1. The van der Waals surface area contributed by atoms with E-state index in [2.05, 4.69) is 12.2 Å². The highest BCUT2D eigenvalue weighted by molar-refractivity contribution is 6.05. The van der Waals surface area contributed by atoms with E-state index in [0.717, 1.165) is 25.9 Å². The molecular formula is C20H22FN3O3. The Labute approximate surface area is 157 Å². The van der Waals surface area contributed by atoms with Gasteiger partial charge < -0.3 is 10.2 Å². The lowest BCUT2D eigenvalue weighted by atomic mass is 9.99. The average Bonchev–Trinajstić information content (AvgIpc) is 2.63. The van der Waals surface area contributed by atoms with E-state index < -0.39 is 10.8 Å². The number of nitrogens with one attached hydrogen (secondary N) is 1. The van der Waals surface area contributed by atoms with E-state index >= 15 is 0 Å². The van der Waals surface area contributed by atoms with Crippen molar-refractivity contribution in [3.8, 4) is 0 Å². The van der Waals surface area contributed by atoms with Crippen molar-refractivity contribution in [3.05, 3.63) is 63.5 Å². The fourth-order valence-electron chi connectivity index (χ4n) is 3.45. The van der Waals surface area contributed by atoms with Crippen LogP contribution in [0.1, 0.15) is 35.7 Å². The molecule has 0 aliphatic carbocycles. The van der Waals surface area contributed by atoms with Gasteiger partial charge in [0.1, 0.15) is 11.5 Å². The van der Waals surface area contributed by atoms with Crippen molar-refractivity contribution in [2.75, 3.05) is 23.3 Å². The standard InChI is InChI=1S/C20H22FN3O3/c1-13-4-3-9-23(12-13)18-8-5-15(11-19(18)24(26)27)20(25)22-17-7-6-16(21)10-14(17)2/h5-8,10-11,13H,3-4,9,12H2,1-2H3,(H,22,25)/t13-/m0/s1. The maximum Gasteiger partial charge on any atom is 0.293 e. The number of hydrogen-bond acceptors (Lipinski definition) is 4. The lowest BCUT2D eigenvalue weighted by molar-refractivity contribution is -0.384. The molecule has 1 N–H and O–H groups in total. The largest absolute Gasteiger partial charge is 0.366 e. The highest BCUT2D eigenvalue weighted by Crippen LogP contribution is 2.32. The van der Waals surface area contributed by atoms with Crippen LogP contribution in [0.2, 0.25) is 0 Å². The SMILES string of the molecule is Cc1cc(F)ccc1NC(=O)c1ccc(N2CCC[C@H](C)C2)c([N+](=O)[O-])c1. The molecule has 1 aliphatic rings. The molecule has 142 valence electrons. The lowest BCUT2D eigenvalue weighted by Gasteiger charge is -2.32. The Morgan fingerprint density at radius 1 is 1.30 bits per heavy atom. The van der Waals surface area contributed by atoms with E-state index in [0.29, 0.717) is 22.9 Å². The predicted octanol–water partition coefficient (Wildman–Crippen LogP) is 4.53. The maximum absolute atomic E-state index is 13.2. The normalized spacial score (nSPS) is 16.9. The predicted molar refractivity (Wildman–Crippen MR) is 103 cm³/mol. The zero-order valence-electron chi connectivity index (χ0n) is 15.4. The van der Waals surface area contributed by atoms with Crippen LogP contribution in [0.15, 0.2) is 36.4 Å². The Hall–Kier alpha value is -2.96. The molecule has 1 amide bonds. The van der Waals surface area contributed by atoms with E-state index in [1.54, 1.807) is 19.1 Å². The van der Waals surface area contributed by atoms with Crippen LogP contribution in [0, 0.1) is 28.8 Å². The minimum Gasteiger partial charge on any atom is -0.366 e. The Bertz CT molecular complexity index is 885. The first-order valence-electron chi connectivity index (χ1n) is 8.96. The van der Waals surface area contributed by atoms with Gasteiger partial charge in [0.05, 0.1) is 4.92 Å². The van der Waals surface area contributed by atoms with Crippen LogP contribution in [-0.2, 0) is 0 Å². The van der Waals surface area contributed by atoms with Crippen LogP contribution in [0.5, 0.6) is 0 Å². The minimum absolute atomic E-state index is 0.0763. The number of carbonyl (C=O) groups excluding carboxylic acids is 1. The zero-order valence-corrected chi connectivity index (χ0v) is 15.4. The van der Waals surface area contributed by atoms with Crippen LogP contribution < -0.4 is 10.2 Å². The molecule has 1 heterocycles. The second kappa shape index (κ2) is 7.73. The van der Waals surface area contributed by atoms with Gasteiger partial charge in [0.2, 0.25) is 0 Å². The van der Waals surface area contributed by atoms with Crippen LogP contribution in [0.25, 0.3) is 0 Å². The second-order valence-corrected chi connectivity index (χ2v) is 7.07. The molecule has 0 aromatic heterocycles. The summed E-state index contributed by atoms with van der Waals surface area (Å²) in [5.74, 6) is -0.379. The molecule has 3 rings (SSSR count). The molecule has 2 aromatic rings. The quantitative estimate of drug-likeness (QED) is 0.633. The van der Waals surface area contributed by atoms with Gasteiger partial charge in [-0.25, -0.2) is 4.39 Å². The Morgan fingerprint density at radius 3 is 2.74 bits per heavy atom. The molecule has 6 nitrogen and oxygen atoms in total. The maximum atomic E-state index is 13.2. The van der Waals surface area contributed by atoms with Gasteiger partial charge in [0, 0.05) is 30.4 Å². The van der Waals surface area contributed by atoms with Crippen LogP contribution in [-0.4, -0.2) is 23.9 Å². The number of benzene rings is 2. The van der Waals surface area contributed by atoms with Gasteiger partial charge in [-0.1, -0.05) is 6.92 Å². The summed E-state index contributed by atoms with van der Waals surface area (Å²) in [7, 11) is 0. The topological polar surface area (TPSA) is 75.5 Å². The van der Waals surface area contributed by atoms with Gasteiger partial charge in [-0.3, -0.25) is 14.9 Å². The molecule has 0 spiro atoms. The summed E-state index contributed by atoms with van der Waals surface area (Å²) in [4.78, 5) is 25.7. The number of aryl methyl sites for hydroxylation is 1. The summed E-state index contributed by atoms with van der Waals surface area (Å²) in [6, 6.07) is 8.59. The van der Waals surface area contributed by atoms with E-state index in [1.807, 2.05) is 4.90 Å². The van der Waals surface area contributed by atoms with Gasteiger partial charge in [-0.05, 0) is 61.6 Å². The summed E-state index contributed by atoms with van der Waals surface area (Å²) in [6.45, 7) is 5.35. The summed E-state index contributed by atoms with van der Waals surface area (Å²) in [5, 5.41) is 14.3. The third-order valence-electron chi connectivity index (χ3n) is 4.87. The molecule has 1 aliphatic heterocycles. The van der Waals surface area contributed by atoms with Gasteiger partial charge in [0.25, 0.3) is 11.6 Å². The molecule has 1 atom stereocenters. The molecule has 0 radical (unpaired) electrons. The molecule has 0 unspecified atom stereocenters. The molecular weight excluding hydrogens is 349 g/mol. The average molecular weight is 371 g/mol. The van der Waals surface area contributed by atoms with Crippen LogP contribution in [0.4, 0.5) is 21.5 Å². The van der Waals surface area contributed by atoms with Gasteiger partial charge >= 0.3 is 0 Å². The number of nitro benzene ring substituents is 1. The van der Waals surface area contributed by atoms with E-state index in [1.165, 1.54) is 24.3 Å².